The van der Waals surface area contributed by atoms with Crippen molar-refractivity contribution in [3.8, 4) is 5.75 Å². The summed E-state index contributed by atoms with van der Waals surface area (Å²) in [4.78, 5) is 26.9. The maximum absolute atomic E-state index is 12.7. The van der Waals surface area contributed by atoms with Crippen molar-refractivity contribution in [1.82, 2.24) is 0 Å². The zero-order valence-corrected chi connectivity index (χ0v) is 14.8. The Bertz CT molecular complexity index is 858. The average Bonchev–Trinajstić information content (AvgIpc) is 3.42. The molecule has 134 valence electrons. The van der Waals surface area contributed by atoms with Gasteiger partial charge in [0.15, 0.2) is 0 Å². The van der Waals surface area contributed by atoms with Crippen molar-refractivity contribution in [3.05, 3.63) is 53.6 Å². The first-order valence-electron chi connectivity index (χ1n) is 9.15. The van der Waals surface area contributed by atoms with Gasteiger partial charge in [0.1, 0.15) is 5.75 Å². The number of hydrogen-bond acceptors (Lipinski definition) is 3. The number of nitrogens with zero attached hydrogens (tertiary/aromatic N) is 1. The Morgan fingerprint density at radius 1 is 1.19 bits per heavy atom. The summed E-state index contributed by atoms with van der Waals surface area (Å²) in [5, 5.41) is 2.92. The third kappa shape index (κ3) is 3.17. The van der Waals surface area contributed by atoms with Crippen LogP contribution >= 0.6 is 0 Å². The number of carbonyl (C=O) groups excluding carboxylic acids is 2. The first-order valence-corrected chi connectivity index (χ1v) is 9.15. The average molecular weight is 350 g/mol. The molecule has 0 bridgehead atoms. The predicted molar refractivity (Wildman–Crippen MR) is 101 cm³/mol. The molecule has 4 rings (SSSR count). The van der Waals surface area contributed by atoms with Crippen LogP contribution in [0.1, 0.15) is 35.7 Å². The highest BCUT2D eigenvalue weighted by Gasteiger charge is 2.36. The molecule has 0 radical (unpaired) electrons. The van der Waals surface area contributed by atoms with Crippen LogP contribution in [0.25, 0.3) is 0 Å². The number of hydrogen-bond donors (Lipinski definition) is 1. The molecule has 2 aliphatic rings. The fourth-order valence-electron chi connectivity index (χ4n) is 3.37. The van der Waals surface area contributed by atoms with Crippen LogP contribution < -0.4 is 15.0 Å². The van der Waals surface area contributed by atoms with Crippen molar-refractivity contribution < 1.29 is 14.3 Å². The second kappa shape index (κ2) is 6.83. The Labute approximate surface area is 153 Å². The summed E-state index contributed by atoms with van der Waals surface area (Å²) in [6.07, 6.45) is 2.80. The molecule has 5 nitrogen and oxygen atoms in total. The second-order valence-electron chi connectivity index (χ2n) is 6.74. The number of fused-ring (bicyclic) bond motifs is 1. The number of amides is 2. The summed E-state index contributed by atoms with van der Waals surface area (Å²) in [5.41, 5.74) is 3.26. The zero-order chi connectivity index (χ0) is 18.1. The molecular formula is C21H22N2O3. The molecule has 5 heteroatoms. The van der Waals surface area contributed by atoms with E-state index in [-0.39, 0.29) is 17.7 Å². The van der Waals surface area contributed by atoms with E-state index in [0.717, 1.165) is 30.5 Å². The molecule has 1 saturated carbocycles. The van der Waals surface area contributed by atoms with Gasteiger partial charge in [0, 0.05) is 23.7 Å². The SMILES string of the molecule is CCOc1ccccc1NC(=O)c1ccc2c(c1)CCN2C(=O)C1CC1. The Balaban J connectivity index is 1.52. The van der Waals surface area contributed by atoms with E-state index in [1.807, 2.05) is 48.2 Å². The van der Waals surface area contributed by atoms with Gasteiger partial charge < -0.3 is 15.0 Å². The van der Waals surface area contributed by atoms with Crippen LogP contribution in [0.15, 0.2) is 42.5 Å². The van der Waals surface area contributed by atoms with E-state index >= 15 is 0 Å². The summed E-state index contributed by atoms with van der Waals surface area (Å²) in [6, 6.07) is 13.0. The number of benzene rings is 2. The molecule has 1 N–H and O–H groups in total. The summed E-state index contributed by atoms with van der Waals surface area (Å²) in [5.74, 6) is 0.920. The predicted octanol–water partition coefficient (Wildman–Crippen LogP) is 3.64. The molecule has 1 aliphatic carbocycles. The van der Waals surface area contributed by atoms with Crippen LogP contribution in [0, 0.1) is 5.92 Å². The van der Waals surface area contributed by atoms with Crippen molar-refractivity contribution in [2.24, 2.45) is 5.92 Å². The van der Waals surface area contributed by atoms with Gasteiger partial charge >= 0.3 is 0 Å². The number of para-hydroxylation sites is 2. The van der Waals surface area contributed by atoms with Crippen molar-refractivity contribution in [2.45, 2.75) is 26.2 Å². The summed E-state index contributed by atoms with van der Waals surface area (Å²) in [6.45, 7) is 3.16. The van der Waals surface area contributed by atoms with Crippen LogP contribution in [-0.2, 0) is 11.2 Å². The molecule has 0 saturated heterocycles. The smallest absolute Gasteiger partial charge is 0.255 e. The second-order valence-corrected chi connectivity index (χ2v) is 6.74. The van der Waals surface area contributed by atoms with Crippen LogP contribution in [0.2, 0.25) is 0 Å². The first kappa shape index (κ1) is 16.6. The zero-order valence-electron chi connectivity index (χ0n) is 14.8. The van der Waals surface area contributed by atoms with Crippen LogP contribution in [-0.4, -0.2) is 25.0 Å². The molecule has 0 aromatic heterocycles. The van der Waals surface area contributed by atoms with Crippen LogP contribution in [0.5, 0.6) is 5.75 Å². The van der Waals surface area contributed by atoms with Crippen molar-refractivity contribution in [1.29, 1.82) is 0 Å². The first-order chi connectivity index (χ1) is 12.7. The fourth-order valence-corrected chi connectivity index (χ4v) is 3.37. The summed E-state index contributed by atoms with van der Waals surface area (Å²) in [7, 11) is 0. The molecule has 1 fully saturated rings. The van der Waals surface area contributed by atoms with Crippen molar-refractivity contribution in [2.75, 3.05) is 23.4 Å². The van der Waals surface area contributed by atoms with Crippen LogP contribution in [0.4, 0.5) is 11.4 Å². The molecule has 0 atom stereocenters. The minimum Gasteiger partial charge on any atom is -0.492 e. The Morgan fingerprint density at radius 2 is 2.00 bits per heavy atom. The lowest BCUT2D eigenvalue weighted by Gasteiger charge is -2.17. The molecule has 26 heavy (non-hydrogen) atoms. The third-order valence-corrected chi connectivity index (χ3v) is 4.86. The lowest BCUT2D eigenvalue weighted by molar-refractivity contribution is -0.119. The van der Waals surface area contributed by atoms with Gasteiger partial charge in [0.2, 0.25) is 5.91 Å². The molecule has 1 heterocycles. The standard InChI is InChI=1S/C21H22N2O3/c1-2-26-19-6-4-3-5-17(19)22-20(24)16-9-10-18-15(13-16)11-12-23(18)21(25)14-7-8-14/h3-6,9-10,13-14H,2,7-8,11-12H2,1H3,(H,22,24). The lowest BCUT2D eigenvalue weighted by atomic mass is 10.1. The quantitative estimate of drug-likeness (QED) is 0.896. The number of anilines is 2. The van der Waals surface area contributed by atoms with Gasteiger partial charge in [-0.05, 0) is 62.1 Å². The monoisotopic (exact) mass is 350 g/mol. The fraction of sp³-hybridized carbons (Fsp3) is 0.333. The Morgan fingerprint density at radius 3 is 2.77 bits per heavy atom. The third-order valence-electron chi connectivity index (χ3n) is 4.86. The van der Waals surface area contributed by atoms with E-state index in [1.165, 1.54) is 0 Å². The molecule has 2 amide bonds. The Kier molecular flexibility index (Phi) is 4.37. The molecule has 0 spiro atoms. The number of ether oxygens (including phenoxy) is 1. The van der Waals surface area contributed by atoms with Gasteiger partial charge in [-0.25, -0.2) is 0 Å². The van der Waals surface area contributed by atoms with Gasteiger partial charge in [0.25, 0.3) is 5.91 Å². The number of carbonyl (C=O) groups is 2. The highest BCUT2D eigenvalue weighted by Crippen LogP contribution is 2.36. The maximum Gasteiger partial charge on any atom is 0.255 e. The normalized spacial score (nSPS) is 15.5. The van der Waals surface area contributed by atoms with Gasteiger partial charge in [-0.2, -0.15) is 0 Å². The highest BCUT2D eigenvalue weighted by molar-refractivity contribution is 6.06. The largest absolute Gasteiger partial charge is 0.492 e. The van der Waals surface area contributed by atoms with E-state index < -0.39 is 0 Å². The van der Waals surface area contributed by atoms with Gasteiger partial charge in [-0.15, -0.1) is 0 Å². The van der Waals surface area contributed by atoms with Gasteiger partial charge in [-0.1, -0.05) is 12.1 Å². The van der Waals surface area contributed by atoms with E-state index in [1.54, 1.807) is 6.07 Å². The molecule has 1 aliphatic heterocycles. The van der Waals surface area contributed by atoms with E-state index in [9.17, 15) is 9.59 Å². The summed E-state index contributed by atoms with van der Waals surface area (Å²) >= 11 is 0. The number of nitrogens with one attached hydrogen (secondary N) is 1. The highest BCUT2D eigenvalue weighted by atomic mass is 16.5. The van der Waals surface area contributed by atoms with E-state index in [4.69, 9.17) is 4.74 Å². The van der Waals surface area contributed by atoms with E-state index in [2.05, 4.69) is 5.32 Å². The van der Waals surface area contributed by atoms with E-state index in [0.29, 0.717) is 30.2 Å². The van der Waals surface area contributed by atoms with Gasteiger partial charge in [-0.3, -0.25) is 9.59 Å². The topological polar surface area (TPSA) is 58.6 Å². The Hall–Kier alpha value is -2.82. The molecule has 2 aromatic rings. The molecule has 2 aromatic carbocycles. The summed E-state index contributed by atoms with van der Waals surface area (Å²) < 4.78 is 5.56. The number of rotatable bonds is 5. The van der Waals surface area contributed by atoms with Crippen molar-refractivity contribution >= 4 is 23.2 Å². The lowest BCUT2D eigenvalue weighted by Crippen LogP contribution is -2.30. The maximum atomic E-state index is 12.7. The van der Waals surface area contributed by atoms with Crippen molar-refractivity contribution in [3.63, 3.8) is 0 Å². The minimum absolute atomic E-state index is 0.174. The molecular weight excluding hydrogens is 328 g/mol. The van der Waals surface area contributed by atoms with Gasteiger partial charge in [0.05, 0.1) is 12.3 Å². The van der Waals surface area contributed by atoms with Crippen LogP contribution in [0.3, 0.4) is 0 Å². The minimum atomic E-state index is -0.174. The molecule has 0 unspecified atom stereocenters.